The van der Waals surface area contributed by atoms with E-state index in [1.165, 1.54) is 23.5 Å². The van der Waals surface area contributed by atoms with Crippen LogP contribution in [0, 0.1) is 11.7 Å². The second kappa shape index (κ2) is 6.51. The highest BCUT2D eigenvalue weighted by molar-refractivity contribution is 9.10. The second-order valence-corrected chi connectivity index (χ2v) is 7.85. The summed E-state index contributed by atoms with van der Waals surface area (Å²) in [6.07, 6.45) is 1.67. The van der Waals surface area contributed by atoms with Crippen molar-refractivity contribution < 1.29 is 17.5 Å². The molecule has 1 aliphatic rings. The van der Waals surface area contributed by atoms with Crippen molar-refractivity contribution in [2.75, 3.05) is 26.8 Å². The SMILES string of the molecule is CN(CC1CCOCC1)S(=O)(=O)c1ccc(Br)cc1F. The summed E-state index contributed by atoms with van der Waals surface area (Å²) >= 11 is 3.12. The molecule has 112 valence electrons. The first kappa shape index (κ1) is 15.9. The quantitative estimate of drug-likeness (QED) is 0.823. The fraction of sp³-hybridized carbons (Fsp3) is 0.538. The van der Waals surface area contributed by atoms with E-state index in [0.29, 0.717) is 24.2 Å². The van der Waals surface area contributed by atoms with E-state index in [1.807, 2.05) is 0 Å². The van der Waals surface area contributed by atoms with Crippen molar-refractivity contribution in [1.29, 1.82) is 0 Å². The number of halogens is 2. The maximum absolute atomic E-state index is 13.8. The molecule has 4 nitrogen and oxygen atoms in total. The molecule has 0 bridgehead atoms. The van der Waals surface area contributed by atoms with Crippen LogP contribution in [-0.2, 0) is 14.8 Å². The topological polar surface area (TPSA) is 46.6 Å². The average Bonchev–Trinajstić information content (AvgIpc) is 2.39. The molecule has 20 heavy (non-hydrogen) atoms. The van der Waals surface area contributed by atoms with E-state index in [2.05, 4.69) is 15.9 Å². The lowest BCUT2D eigenvalue weighted by atomic mass is 10.0. The summed E-state index contributed by atoms with van der Waals surface area (Å²) in [5.41, 5.74) is 0. The van der Waals surface area contributed by atoms with Gasteiger partial charge in [0.25, 0.3) is 0 Å². The Morgan fingerprint density at radius 3 is 2.65 bits per heavy atom. The van der Waals surface area contributed by atoms with Crippen molar-refractivity contribution in [2.24, 2.45) is 5.92 Å². The van der Waals surface area contributed by atoms with Crippen LogP contribution in [0.1, 0.15) is 12.8 Å². The van der Waals surface area contributed by atoms with Gasteiger partial charge in [-0.05, 0) is 37.0 Å². The van der Waals surface area contributed by atoms with Gasteiger partial charge in [0.05, 0.1) is 0 Å². The summed E-state index contributed by atoms with van der Waals surface area (Å²) in [5.74, 6) is -0.472. The van der Waals surface area contributed by atoms with Gasteiger partial charge in [-0.25, -0.2) is 17.1 Å². The molecule has 0 saturated carbocycles. The summed E-state index contributed by atoms with van der Waals surface area (Å²) in [7, 11) is -2.30. The maximum atomic E-state index is 13.8. The highest BCUT2D eigenvalue weighted by Gasteiger charge is 2.27. The summed E-state index contributed by atoms with van der Waals surface area (Å²) in [4.78, 5) is -0.282. The van der Waals surface area contributed by atoms with Gasteiger partial charge in [-0.1, -0.05) is 15.9 Å². The Morgan fingerprint density at radius 1 is 1.40 bits per heavy atom. The van der Waals surface area contributed by atoms with E-state index in [4.69, 9.17) is 4.74 Å². The molecular formula is C13H17BrFNO3S. The molecule has 0 amide bonds. The third kappa shape index (κ3) is 3.58. The van der Waals surface area contributed by atoms with Crippen LogP contribution in [0.2, 0.25) is 0 Å². The zero-order chi connectivity index (χ0) is 14.8. The molecule has 0 atom stereocenters. The van der Waals surface area contributed by atoms with Crippen LogP contribution < -0.4 is 0 Å². The molecular weight excluding hydrogens is 349 g/mol. The monoisotopic (exact) mass is 365 g/mol. The minimum atomic E-state index is -3.79. The van der Waals surface area contributed by atoms with Crippen molar-refractivity contribution in [3.8, 4) is 0 Å². The minimum absolute atomic E-state index is 0.266. The number of hydrogen-bond acceptors (Lipinski definition) is 3. The van der Waals surface area contributed by atoms with Crippen molar-refractivity contribution in [1.82, 2.24) is 4.31 Å². The molecule has 0 unspecified atom stereocenters. The molecule has 0 spiro atoms. The highest BCUT2D eigenvalue weighted by atomic mass is 79.9. The first-order chi connectivity index (χ1) is 9.41. The average molecular weight is 366 g/mol. The maximum Gasteiger partial charge on any atom is 0.245 e. The van der Waals surface area contributed by atoms with Crippen molar-refractivity contribution in [2.45, 2.75) is 17.7 Å². The lowest BCUT2D eigenvalue weighted by Gasteiger charge is -2.26. The Hall–Kier alpha value is -0.500. The van der Waals surface area contributed by atoms with Crippen LogP contribution in [0.5, 0.6) is 0 Å². The predicted molar refractivity (Wildman–Crippen MR) is 77.5 cm³/mol. The number of sulfonamides is 1. The van der Waals surface area contributed by atoms with Crippen molar-refractivity contribution in [3.63, 3.8) is 0 Å². The van der Waals surface area contributed by atoms with Crippen LogP contribution >= 0.6 is 15.9 Å². The van der Waals surface area contributed by atoms with Crippen LogP contribution in [-0.4, -0.2) is 39.5 Å². The van der Waals surface area contributed by atoms with Gasteiger partial charge >= 0.3 is 0 Å². The van der Waals surface area contributed by atoms with Gasteiger partial charge in [0.1, 0.15) is 10.7 Å². The second-order valence-electron chi connectivity index (χ2n) is 4.92. The Balaban J connectivity index is 2.16. The third-order valence-electron chi connectivity index (χ3n) is 3.44. The molecule has 1 heterocycles. The van der Waals surface area contributed by atoms with Gasteiger partial charge in [-0.3, -0.25) is 0 Å². The van der Waals surface area contributed by atoms with E-state index in [9.17, 15) is 12.8 Å². The van der Waals surface area contributed by atoms with Gasteiger partial charge in [-0.15, -0.1) is 0 Å². The van der Waals surface area contributed by atoms with Gasteiger partial charge in [0.2, 0.25) is 10.0 Å². The first-order valence-electron chi connectivity index (χ1n) is 6.40. The van der Waals surface area contributed by atoms with E-state index < -0.39 is 15.8 Å². The standard InChI is InChI=1S/C13H17BrFNO3S/c1-16(9-10-4-6-19-7-5-10)20(17,18)13-3-2-11(14)8-12(13)15/h2-3,8,10H,4-7,9H2,1H3. The normalized spacial score (nSPS) is 17.6. The Morgan fingerprint density at radius 2 is 2.05 bits per heavy atom. The number of benzene rings is 1. The van der Waals surface area contributed by atoms with Crippen LogP contribution in [0.15, 0.2) is 27.6 Å². The summed E-state index contributed by atoms with van der Waals surface area (Å²) < 4.78 is 45.6. The molecule has 0 N–H and O–H groups in total. The smallest absolute Gasteiger partial charge is 0.245 e. The van der Waals surface area contributed by atoms with Crippen LogP contribution in [0.3, 0.4) is 0 Å². The lowest BCUT2D eigenvalue weighted by Crippen LogP contribution is -2.34. The number of ether oxygens (including phenoxy) is 1. The molecule has 7 heteroatoms. The summed E-state index contributed by atoms with van der Waals surface area (Å²) in [6.45, 7) is 1.71. The highest BCUT2D eigenvalue weighted by Crippen LogP contribution is 2.24. The fourth-order valence-corrected chi connectivity index (χ4v) is 3.86. The minimum Gasteiger partial charge on any atom is -0.381 e. The first-order valence-corrected chi connectivity index (χ1v) is 8.63. The van der Waals surface area contributed by atoms with Crippen molar-refractivity contribution >= 4 is 26.0 Å². The van der Waals surface area contributed by atoms with E-state index in [0.717, 1.165) is 18.9 Å². The Labute approximate surface area is 127 Å². The molecule has 0 aromatic heterocycles. The van der Waals surface area contributed by atoms with Crippen LogP contribution in [0.25, 0.3) is 0 Å². The zero-order valence-corrected chi connectivity index (χ0v) is 13.6. The van der Waals surface area contributed by atoms with E-state index in [1.54, 1.807) is 0 Å². The van der Waals surface area contributed by atoms with E-state index in [-0.39, 0.29) is 10.8 Å². The van der Waals surface area contributed by atoms with Crippen LogP contribution in [0.4, 0.5) is 4.39 Å². The molecule has 1 fully saturated rings. The molecule has 0 aliphatic carbocycles. The predicted octanol–water partition coefficient (Wildman–Crippen LogP) is 2.64. The van der Waals surface area contributed by atoms with Gasteiger partial charge < -0.3 is 4.74 Å². The fourth-order valence-electron chi connectivity index (χ4n) is 2.24. The molecule has 1 aromatic rings. The molecule has 1 saturated heterocycles. The Kier molecular flexibility index (Phi) is 5.17. The number of nitrogens with zero attached hydrogens (tertiary/aromatic N) is 1. The van der Waals surface area contributed by atoms with Gasteiger partial charge in [0, 0.05) is 31.3 Å². The number of rotatable bonds is 4. The van der Waals surface area contributed by atoms with Gasteiger partial charge in [0.15, 0.2) is 0 Å². The van der Waals surface area contributed by atoms with Gasteiger partial charge in [-0.2, -0.15) is 0 Å². The van der Waals surface area contributed by atoms with E-state index >= 15 is 0 Å². The number of hydrogen-bond donors (Lipinski definition) is 0. The largest absolute Gasteiger partial charge is 0.381 e. The third-order valence-corrected chi connectivity index (χ3v) is 5.79. The summed E-state index contributed by atoms with van der Waals surface area (Å²) in [5, 5.41) is 0. The Bertz CT molecular complexity index is 573. The lowest BCUT2D eigenvalue weighted by molar-refractivity contribution is 0.0620. The zero-order valence-electron chi connectivity index (χ0n) is 11.2. The molecule has 1 aliphatic heterocycles. The summed E-state index contributed by atoms with van der Waals surface area (Å²) in [6, 6.07) is 3.97. The molecule has 0 radical (unpaired) electrons. The molecule has 1 aromatic carbocycles. The van der Waals surface area contributed by atoms with Crippen molar-refractivity contribution in [3.05, 3.63) is 28.5 Å². The molecule has 2 rings (SSSR count).